The Kier molecular flexibility index (Phi) is 3.44. The third-order valence-electron chi connectivity index (χ3n) is 3.98. The first-order valence-electron chi connectivity index (χ1n) is 6.21. The maximum Gasteiger partial charge on any atom is 0.0991 e. The van der Waals surface area contributed by atoms with E-state index < -0.39 is 11.5 Å². The third-order valence-corrected chi connectivity index (χ3v) is 3.98. The second kappa shape index (κ2) is 4.85. The topological polar surface area (TPSA) is 56.9 Å². The lowest BCUT2D eigenvalue weighted by molar-refractivity contribution is 0.0638. The molecule has 0 amide bonds. The molecular weight excluding hydrogens is 212 g/mol. The van der Waals surface area contributed by atoms with Crippen molar-refractivity contribution in [3.63, 3.8) is 0 Å². The van der Waals surface area contributed by atoms with Gasteiger partial charge in [-0.25, -0.2) is 0 Å². The molecule has 1 N–H and O–H groups in total. The minimum atomic E-state index is -0.710. The van der Waals surface area contributed by atoms with E-state index in [1.165, 1.54) is 0 Å². The molecule has 0 radical (unpaired) electrons. The van der Waals surface area contributed by atoms with E-state index in [4.69, 9.17) is 0 Å². The number of nitriles is 1. The molecule has 1 saturated carbocycles. The van der Waals surface area contributed by atoms with Crippen molar-refractivity contribution in [2.24, 2.45) is 11.3 Å². The number of pyridine rings is 1. The molecule has 3 atom stereocenters. The number of hydrogen-bond acceptors (Lipinski definition) is 3. The van der Waals surface area contributed by atoms with Gasteiger partial charge in [-0.3, -0.25) is 4.98 Å². The predicted octanol–water partition coefficient (Wildman–Crippen LogP) is 2.84. The van der Waals surface area contributed by atoms with Crippen LogP contribution in [-0.4, -0.2) is 10.1 Å². The Bertz CT molecular complexity index is 412. The second-order valence-electron chi connectivity index (χ2n) is 4.97. The lowest BCUT2D eigenvalue weighted by Crippen LogP contribution is -2.24. The van der Waals surface area contributed by atoms with Crippen LogP contribution in [0.3, 0.4) is 0 Å². The summed E-state index contributed by atoms with van der Waals surface area (Å²) in [7, 11) is 0. The summed E-state index contributed by atoms with van der Waals surface area (Å²) in [6, 6.07) is 6.01. The largest absolute Gasteiger partial charge is 0.387 e. The highest BCUT2D eigenvalue weighted by Crippen LogP contribution is 2.50. The number of aliphatic hydroxyl groups excluding tert-OH is 1. The van der Waals surface area contributed by atoms with Crippen LogP contribution in [-0.2, 0) is 0 Å². The Balaban J connectivity index is 2.23. The van der Waals surface area contributed by atoms with Gasteiger partial charge in [-0.05, 0) is 31.2 Å². The molecule has 1 aromatic heterocycles. The summed E-state index contributed by atoms with van der Waals surface area (Å²) in [5.41, 5.74) is 0.148. The number of aliphatic hydroxyl groups is 1. The average Bonchev–Trinajstić information content (AvgIpc) is 2.84. The smallest absolute Gasteiger partial charge is 0.0991 e. The fraction of sp³-hybridized carbons (Fsp3) is 0.571. The van der Waals surface area contributed by atoms with Crippen LogP contribution in [0.5, 0.6) is 0 Å². The summed E-state index contributed by atoms with van der Waals surface area (Å²) in [6.07, 6.45) is 6.35. The van der Waals surface area contributed by atoms with Gasteiger partial charge >= 0.3 is 0 Å². The summed E-state index contributed by atoms with van der Waals surface area (Å²) < 4.78 is 0. The third kappa shape index (κ3) is 2.18. The fourth-order valence-electron chi connectivity index (χ4n) is 2.80. The normalized spacial score (nSPS) is 29.8. The first-order chi connectivity index (χ1) is 8.22. The van der Waals surface area contributed by atoms with E-state index in [9.17, 15) is 10.4 Å². The van der Waals surface area contributed by atoms with Gasteiger partial charge in [-0.2, -0.15) is 5.26 Å². The number of hydrogen-bond donors (Lipinski definition) is 1. The molecule has 3 nitrogen and oxygen atoms in total. The van der Waals surface area contributed by atoms with Crippen molar-refractivity contribution in [2.75, 3.05) is 0 Å². The van der Waals surface area contributed by atoms with Crippen LogP contribution in [0.2, 0.25) is 0 Å². The van der Waals surface area contributed by atoms with Crippen molar-refractivity contribution in [1.82, 2.24) is 4.98 Å². The zero-order chi connectivity index (χ0) is 12.3. The molecule has 0 aliphatic heterocycles. The minimum Gasteiger partial charge on any atom is -0.387 e. The Morgan fingerprint density at radius 2 is 2.53 bits per heavy atom. The molecule has 1 aliphatic carbocycles. The highest BCUT2D eigenvalue weighted by molar-refractivity contribution is 5.21. The molecule has 1 fully saturated rings. The van der Waals surface area contributed by atoms with Crippen LogP contribution >= 0.6 is 0 Å². The Morgan fingerprint density at radius 1 is 1.71 bits per heavy atom. The van der Waals surface area contributed by atoms with Gasteiger partial charge in [0.1, 0.15) is 0 Å². The van der Waals surface area contributed by atoms with Gasteiger partial charge in [-0.15, -0.1) is 0 Å². The first kappa shape index (κ1) is 12.1. The van der Waals surface area contributed by atoms with Crippen molar-refractivity contribution in [2.45, 2.75) is 38.7 Å². The molecule has 0 spiro atoms. The molecule has 3 heteroatoms. The van der Waals surface area contributed by atoms with Gasteiger partial charge in [0, 0.05) is 18.0 Å². The molecule has 17 heavy (non-hydrogen) atoms. The molecule has 0 aromatic carbocycles. The highest BCUT2D eigenvalue weighted by Gasteiger charge is 2.45. The maximum atomic E-state index is 10.4. The van der Waals surface area contributed by atoms with E-state index in [1.807, 2.05) is 6.07 Å². The predicted molar refractivity (Wildman–Crippen MR) is 64.9 cm³/mol. The molecule has 3 unspecified atom stereocenters. The quantitative estimate of drug-likeness (QED) is 0.868. The van der Waals surface area contributed by atoms with Gasteiger partial charge in [0.15, 0.2) is 0 Å². The standard InChI is InChI=1S/C14H18N2O/c1-2-11-5-6-14(8-11,10-15)13(17)12-4-3-7-16-9-12/h3-4,7,9,11,13,17H,2,5-6,8H2,1H3. The van der Waals surface area contributed by atoms with Crippen molar-refractivity contribution in [3.05, 3.63) is 30.1 Å². The molecule has 90 valence electrons. The van der Waals surface area contributed by atoms with Crippen molar-refractivity contribution < 1.29 is 5.11 Å². The van der Waals surface area contributed by atoms with Gasteiger partial charge < -0.3 is 5.11 Å². The van der Waals surface area contributed by atoms with E-state index in [1.54, 1.807) is 18.5 Å². The molecule has 0 bridgehead atoms. The molecule has 1 aromatic rings. The number of rotatable bonds is 3. The van der Waals surface area contributed by atoms with Gasteiger partial charge in [-0.1, -0.05) is 19.4 Å². The van der Waals surface area contributed by atoms with E-state index in [0.29, 0.717) is 5.92 Å². The van der Waals surface area contributed by atoms with Gasteiger partial charge in [0.05, 0.1) is 17.6 Å². The van der Waals surface area contributed by atoms with Crippen molar-refractivity contribution in [1.29, 1.82) is 5.26 Å². The van der Waals surface area contributed by atoms with Gasteiger partial charge in [0.25, 0.3) is 0 Å². The van der Waals surface area contributed by atoms with Crippen LogP contribution in [0.25, 0.3) is 0 Å². The lowest BCUT2D eigenvalue weighted by atomic mass is 9.78. The van der Waals surface area contributed by atoms with Crippen molar-refractivity contribution in [3.8, 4) is 6.07 Å². The van der Waals surface area contributed by atoms with Gasteiger partial charge in [0.2, 0.25) is 0 Å². The summed E-state index contributed by atoms with van der Waals surface area (Å²) in [6.45, 7) is 2.15. The van der Waals surface area contributed by atoms with Crippen LogP contribution in [0.4, 0.5) is 0 Å². The summed E-state index contributed by atoms with van der Waals surface area (Å²) in [4.78, 5) is 4.01. The maximum absolute atomic E-state index is 10.4. The SMILES string of the molecule is CCC1CCC(C#N)(C(O)c2cccnc2)C1. The van der Waals surface area contributed by atoms with E-state index in [2.05, 4.69) is 18.0 Å². The van der Waals surface area contributed by atoms with Crippen LogP contribution in [0.1, 0.15) is 44.3 Å². The van der Waals surface area contributed by atoms with E-state index in [-0.39, 0.29) is 0 Å². The van der Waals surface area contributed by atoms with Crippen molar-refractivity contribution >= 4 is 0 Å². The number of aromatic nitrogens is 1. The molecular formula is C14H18N2O. The lowest BCUT2D eigenvalue weighted by Gasteiger charge is -2.27. The summed E-state index contributed by atoms with van der Waals surface area (Å²) in [5.74, 6) is 0.570. The second-order valence-corrected chi connectivity index (χ2v) is 4.97. The average molecular weight is 230 g/mol. The summed E-state index contributed by atoms with van der Waals surface area (Å²) in [5, 5.41) is 19.9. The Hall–Kier alpha value is -1.40. The Morgan fingerprint density at radius 3 is 3.06 bits per heavy atom. The number of nitrogens with zero attached hydrogens (tertiary/aromatic N) is 2. The fourth-order valence-corrected chi connectivity index (χ4v) is 2.80. The van der Waals surface area contributed by atoms with E-state index >= 15 is 0 Å². The molecule has 0 saturated heterocycles. The molecule has 1 aliphatic rings. The monoisotopic (exact) mass is 230 g/mol. The minimum absolute atomic E-state index is 0.570. The molecule has 2 rings (SSSR count). The van der Waals surface area contributed by atoms with Crippen LogP contribution in [0.15, 0.2) is 24.5 Å². The summed E-state index contributed by atoms with van der Waals surface area (Å²) >= 11 is 0. The zero-order valence-corrected chi connectivity index (χ0v) is 10.1. The van der Waals surface area contributed by atoms with E-state index in [0.717, 1.165) is 31.2 Å². The first-order valence-corrected chi connectivity index (χ1v) is 6.21. The Labute approximate surface area is 102 Å². The van der Waals surface area contributed by atoms with Crippen LogP contribution < -0.4 is 0 Å². The zero-order valence-electron chi connectivity index (χ0n) is 10.1. The highest BCUT2D eigenvalue weighted by atomic mass is 16.3. The van der Waals surface area contributed by atoms with Crippen LogP contribution in [0, 0.1) is 22.7 Å². The molecule has 1 heterocycles.